The molecule has 2 aromatic rings. The standard InChI is InChI=1S/C28H32Cl2F3N3O5/c1-26(2)10-9-17(41-26)14-35(15-21(37)22-19(29)5-4-6-20(22)30)24(38)18-13-34-36(23(18)28(31,32)33)16-7-11-27(3,12-8-16)25(39)40/h4-6,13,16-17H,7-12,14-15H2,1-3H3,(H,39,40)/t16?,17-,27?/m1/s1. The van der Waals surface area contributed by atoms with E-state index < -0.39 is 64.8 Å². The summed E-state index contributed by atoms with van der Waals surface area (Å²) in [6, 6.07) is 3.73. The van der Waals surface area contributed by atoms with Crippen LogP contribution >= 0.6 is 23.2 Å². The Bertz CT molecular complexity index is 1320. The number of carbonyl (C=O) groups excluding carboxylic acids is 2. The van der Waals surface area contributed by atoms with Crippen LogP contribution in [0, 0.1) is 5.41 Å². The number of rotatable bonds is 8. The van der Waals surface area contributed by atoms with E-state index in [-0.39, 0.29) is 47.8 Å². The van der Waals surface area contributed by atoms with Crippen molar-refractivity contribution in [2.24, 2.45) is 5.41 Å². The molecule has 1 aliphatic heterocycles. The summed E-state index contributed by atoms with van der Waals surface area (Å²) in [6.07, 6.45) is -2.71. The molecule has 41 heavy (non-hydrogen) atoms. The number of benzene rings is 1. The summed E-state index contributed by atoms with van der Waals surface area (Å²) in [5.74, 6) is -2.66. The average molecular weight is 618 g/mol. The molecule has 1 amide bonds. The normalized spacial score (nSPS) is 24.3. The van der Waals surface area contributed by atoms with Gasteiger partial charge in [-0.3, -0.25) is 19.1 Å². The highest BCUT2D eigenvalue weighted by molar-refractivity contribution is 6.40. The lowest BCUT2D eigenvalue weighted by Crippen LogP contribution is -2.42. The summed E-state index contributed by atoms with van der Waals surface area (Å²) in [4.78, 5) is 39.8. The Morgan fingerprint density at radius 2 is 1.71 bits per heavy atom. The first-order valence-corrected chi connectivity index (χ1v) is 14.1. The molecule has 1 N–H and O–H groups in total. The van der Waals surface area contributed by atoms with Gasteiger partial charge >= 0.3 is 12.1 Å². The third-order valence-corrected chi connectivity index (χ3v) is 8.69. The molecule has 1 saturated carbocycles. The van der Waals surface area contributed by atoms with E-state index >= 15 is 0 Å². The lowest BCUT2D eigenvalue weighted by molar-refractivity contribution is -0.152. The summed E-state index contributed by atoms with van der Waals surface area (Å²) in [6.45, 7) is 4.61. The van der Waals surface area contributed by atoms with Gasteiger partial charge in [-0.1, -0.05) is 29.3 Å². The topological polar surface area (TPSA) is 102 Å². The summed E-state index contributed by atoms with van der Waals surface area (Å²) in [5.41, 5.74) is -3.47. The third kappa shape index (κ3) is 6.73. The van der Waals surface area contributed by atoms with E-state index in [0.717, 1.165) is 15.8 Å². The van der Waals surface area contributed by atoms with Gasteiger partial charge in [-0.25, -0.2) is 0 Å². The van der Waals surface area contributed by atoms with Gasteiger partial charge in [0.15, 0.2) is 11.5 Å². The smallest absolute Gasteiger partial charge is 0.433 e. The van der Waals surface area contributed by atoms with E-state index in [1.165, 1.54) is 12.1 Å². The minimum absolute atomic E-state index is 0.0308. The Labute approximate surface area is 245 Å². The van der Waals surface area contributed by atoms with Crippen molar-refractivity contribution in [3.63, 3.8) is 0 Å². The molecule has 224 valence electrons. The number of ketones is 1. The molecule has 4 rings (SSSR count). The molecule has 2 fully saturated rings. The molecule has 0 bridgehead atoms. The molecule has 1 aromatic carbocycles. The number of Topliss-reactive ketones (excluding diaryl/α,β-unsaturated/α-hetero) is 1. The molecule has 1 aliphatic carbocycles. The number of aliphatic carboxylic acids is 1. The first kappa shape index (κ1) is 31.3. The molecular weight excluding hydrogens is 586 g/mol. The van der Waals surface area contributed by atoms with Crippen molar-refractivity contribution in [1.29, 1.82) is 0 Å². The summed E-state index contributed by atoms with van der Waals surface area (Å²) >= 11 is 12.4. The zero-order valence-corrected chi connectivity index (χ0v) is 24.4. The van der Waals surface area contributed by atoms with Crippen molar-refractivity contribution in [2.75, 3.05) is 13.1 Å². The fourth-order valence-corrected chi connectivity index (χ4v) is 6.24. The number of carbonyl (C=O) groups is 3. The molecule has 1 aromatic heterocycles. The van der Waals surface area contributed by atoms with Crippen LogP contribution in [0.5, 0.6) is 0 Å². The van der Waals surface area contributed by atoms with Crippen molar-refractivity contribution in [2.45, 2.75) is 83.2 Å². The monoisotopic (exact) mass is 617 g/mol. The van der Waals surface area contributed by atoms with Gasteiger partial charge in [0.05, 0.1) is 57.1 Å². The summed E-state index contributed by atoms with van der Waals surface area (Å²) < 4.78 is 50.2. The molecule has 2 aliphatic rings. The highest BCUT2D eigenvalue weighted by Crippen LogP contribution is 2.43. The predicted molar refractivity (Wildman–Crippen MR) is 145 cm³/mol. The van der Waals surface area contributed by atoms with Gasteiger partial charge in [0.25, 0.3) is 5.91 Å². The fourth-order valence-electron chi connectivity index (χ4n) is 5.63. The molecule has 0 spiro atoms. The minimum Gasteiger partial charge on any atom is -0.481 e. The largest absolute Gasteiger partial charge is 0.481 e. The second-order valence-corrected chi connectivity index (χ2v) is 12.5. The highest BCUT2D eigenvalue weighted by Gasteiger charge is 2.45. The number of halogens is 5. The Morgan fingerprint density at radius 3 is 2.22 bits per heavy atom. The SMILES string of the molecule is CC1(C)CC[C@H](CN(CC(=O)c2c(Cl)cccc2Cl)C(=O)c2cnn(C3CCC(C)(C(=O)O)CC3)c2C(F)(F)F)O1. The second kappa shape index (κ2) is 11.6. The molecule has 1 atom stereocenters. The second-order valence-electron chi connectivity index (χ2n) is 11.7. The molecular formula is C28H32Cl2F3N3O5. The maximum atomic E-state index is 14.5. The van der Waals surface area contributed by atoms with Crippen molar-refractivity contribution in [1.82, 2.24) is 14.7 Å². The molecule has 0 radical (unpaired) electrons. The Hall–Kier alpha value is -2.63. The van der Waals surface area contributed by atoms with Crippen LogP contribution in [-0.4, -0.2) is 62.2 Å². The van der Waals surface area contributed by atoms with Crippen LogP contribution in [0.25, 0.3) is 0 Å². The van der Waals surface area contributed by atoms with Gasteiger partial charge < -0.3 is 14.7 Å². The number of ether oxygens (including phenoxy) is 1. The molecule has 13 heteroatoms. The van der Waals surface area contributed by atoms with Gasteiger partial charge in [-0.15, -0.1) is 0 Å². The molecule has 8 nitrogen and oxygen atoms in total. The van der Waals surface area contributed by atoms with Crippen molar-refractivity contribution in [3.05, 3.63) is 51.3 Å². The third-order valence-electron chi connectivity index (χ3n) is 8.06. The Morgan fingerprint density at radius 1 is 1.10 bits per heavy atom. The molecule has 2 heterocycles. The first-order chi connectivity index (χ1) is 19.0. The van der Waals surface area contributed by atoms with E-state index in [4.69, 9.17) is 27.9 Å². The van der Waals surface area contributed by atoms with Crippen LogP contribution < -0.4 is 0 Å². The first-order valence-electron chi connectivity index (χ1n) is 13.3. The number of hydrogen-bond acceptors (Lipinski definition) is 5. The minimum atomic E-state index is -4.94. The predicted octanol–water partition coefficient (Wildman–Crippen LogP) is 6.70. The van der Waals surface area contributed by atoms with E-state index in [1.54, 1.807) is 13.0 Å². The zero-order chi connectivity index (χ0) is 30.3. The Kier molecular flexibility index (Phi) is 8.83. The number of alkyl halides is 3. The van der Waals surface area contributed by atoms with Gasteiger partial charge in [0.1, 0.15) is 0 Å². The maximum Gasteiger partial charge on any atom is 0.433 e. The molecule has 0 unspecified atom stereocenters. The number of amides is 1. The maximum absolute atomic E-state index is 14.5. The van der Waals surface area contributed by atoms with Gasteiger partial charge in [-0.05, 0) is 71.4 Å². The zero-order valence-electron chi connectivity index (χ0n) is 22.9. The fraction of sp³-hybridized carbons (Fsp3) is 0.571. The van der Waals surface area contributed by atoms with E-state index in [0.29, 0.717) is 12.8 Å². The number of carboxylic acid groups (broad SMARTS) is 1. The van der Waals surface area contributed by atoms with Crippen LogP contribution in [0.15, 0.2) is 24.4 Å². The Balaban J connectivity index is 1.67. The van der Waals surface area contributed by atoms with Crippen molar-refractivity contribution in [3.8, 4) is 0 Å². The number of hydrogen-bond donors (Lipinski definition) is 1. The van der Waals surface area contributed by atoms with Gasteiger partial charge in [0.2, 0.25) is 0 Å². The van der Waals surface area contributed by atoms with Gasteiger partial charge in [-0.2, -0.15) is 18.3 Å². The van der Waals surface area contributed by atoms with E-state index in [2.05, 4.69) is 5.10 Å². The average Bonchev–Trinajstić information content (AvgIpc) is 3.46. The van der Waals surface area contributed by atoms with Crippen LogP contribution in [0.3, 0.4) is 0 Å². The van der Waals surface area contributed by atoms with Crippen molar-refractivity contribution >= 4 is 40.9 Å². The highest BCUT2D eigenvalue weighted by atomic mass is 35.5. The van der Waals surface area contributed by atoms with E-state index in [9.17, 15) is 32.7 Å². The van der Waals surface area contributed by atoms with Crippen LogP contribution in [0.4, 0.5) is 13.2 Å². The molecule has 1 saturated heterocycles. The van der Waals surface area contributed by atoms with Gasteiger partial charge in [0, 0.05) is 6.54 Å². The van der Waals surface area contributed by atoms with E-state index in [1.807, 2.05) is 13.8 Å². The van der Waals surface area contributed by atoms with Crippen LogP contribution in [-0.2, 0) is 15.7 Å². The quantitative estimate of drug-likeness (QED) is 0.331. The number of aromatic nitrogens is 2. The summed E-state index contributed by atoms with van der Waals surface area (Å²) in [5, 5.41) is 13.6. The lowest BCUT2D eigenvalue weighted by Gasteiger charge is -2.34. The number of carboxylic acids is 1. The number of nitrogens with zero attached hydrogens (tertiary/aromatic N) is 3. The van der Waals surface area contributed by atoms with Crippen molar-refractivity contribution < 1.29 is 37.4 Å². The van der Waals surface area contributed by atoms with Crippen LogP contribution in [0.1, 0.15) is 91.7 Å². The summed E-state index contributed by atoms with van der Waals surface area (Å²) in [7, 11) is 0. The lowest BCUT2D eigenvalue weighted by atomic mass is 9.74. The van der Waals surface area contributed by atoms with Crippen LogP contribution in [0.2, 0.25) is 10.0 Å².